The van der Waals surface area contributed by atoms with Crippen molar-refractivity contribution in [2.45, 2.75) is 11.1 Å². The van der Waals surface area contributed by atoms with Gasteiger partial charge in [-0.05, 0) is 56.6 Å². The molecule has 0 atom stereocenters. The number of nitrogens with one attached hydrogen (secondary N) is 1. The van der Waals surface area contributed by atoms with Crippen molar-refractivity contribution in [3.8, 4) is 0 Å². The fraction of sp³-hybridized carbons (Fsp3) is 0.0476. The highest BCUT2D eigenvalue weighted by Crippen LogP contribution is 2.20. The SMILES string of the molecule is N/N=C/c1ccc2cc(/C=C/c3ccc(S(=O)(=O)NOC(=O)C(F)(F)F)cc3)ccc2c1. The van der Waals surface area contributed by atoms with Gasteiger partial charge >= 0.3 is 12.1 Å². The van der Waals surface area contributed by atoms with Crippen molar-refractivity contribution < 1.29 is 31.2 Å². The molecule has 0 saturated carbocycles. The number of benzene rings is 3. The van der Waals surface area contributed by atoms with Crippen LogP contribution in [0, 0.1) is 0 Å². The molecule has 0 bridgehead atoms. The highest BCUT2D eigenvalue weighted by Gasteiger charge is 2.42. The number of hydrazone groups is 1. The van der Waals surface area contributed by atoms with E-state index in [2.05, 4.69) is 9.94 Å². The summed E-state index contributed by atoms with van der Waals surface area (Å²) in [5, 5.41) is 5.51. The number of nitrogens with zero attached hydrogens (tertiary/aromatic N) is 1. The summed E-state index contributed by atoms with van der Waals surface area (Å²) in [7, 11) is -4.47. The number of carbonyl (C=O) groups is 1. The van der Waals surface area contributed by atoms with Crippen molar-refractivity contribution in [2.24, 2.45) is 10.9 Å². The van der Waals surface area contributed by atoms with Crippen LogP contribution in [0.4, 0.5) is 13.2 Å². The summed E-state index contributed by atoms with van der Waals surface area (Å²) in [5.41, 5.74) is 2.42. The van der Waals surface area contributed by atoms with Crippen LogP contribution in [0.15, 0.2) is 70.7 Å². The van der Waals surface area contributed by atoms with Gasteiger partial charge in [0.25, 0.3) is 10.0 Å². The molecule has 0 aliphatic rings. The van der Waals surface area contributed by atoms with Crippen LogP contribution >= 0.6 is 0 Å². The quantitative estimate of drug-likeness (QED) is 0.251. The molecular formula is C21H16F3N3O4S. The van der Waals surface area contributed by atoms with E-state index < -0.39 is 22.2 Å². The topological polar surface area (TPSA) is 111 Å². The molecule has 0 aliphatic heterocycles. The Morgan fingerprint density at radius 1 is 0.906 bits per heavy atom. The molecule has 3 N–H and O–H groups in total. The third kappa shape index (κ3) is 5.71. The Labute approximate surface area is 181 Å². The average Bonchev–Trinajstić information content (AvgIpc) is 2.76. The maximum atomic E-state index is 12.1. The predicted molar refractivity (Wildman–Crippen MR) is 114 cm³/mol. The van der Waals surface area contributed by atoms with Crippen molar-refractivity contribution in [3.05, 3.63) is 77.4 Å². The Morgan fingerprint density at radius 2 is 1.44 bits per heavy atom. The Kier molecular flexibility index (Phi) is 6.61. The monoisotopic (exact) mass is 463 g/mol. The highest BCUT2D eigenvalue weighted by atomic mass is 32.2. The number of halogens is 3. The van der Waals surface area contributed by atoms with Crippen molar-refractivity contribution in [3.63, 3.8) is 0 Å². The molecule has 0 unspecified atom stereocenters. The molecule has 166 valence electrons. The minimum absolute atomic E-state index is 0.368. The van der Waals surface area contributed by atoms with Crippen LogP contribution in [-0.2, 0) is 19.7 Å². The number of hydrogen-bond donors (Lipinski definition) is 2. The number of hydrogen-bond acceptors (Lipinski definition) is 6. The Hall–Kier alpha value is -3.70. The normalized spacial score (nSPS) is 12.6. The van der Waals surface area contributed by atoms with Crippen LogP contribution in [0.5, 0.6) is 0 Å². The fourth-order valence-electron chi connectivity index (χ4n) is 2.70. The van der Waals surface area contributed by atoms with Crippen LogP contribution in [-0.4, -0.2) is 26.8 Å². The lowest BCUT2D eigenvalue weighted by Crippen LogP contribution is -2.34. The van der Waals surface area contributed by atoms with Gasteiger partial charge in [-0.15, -0.1) is 0 Å². The van der Waals surface area contributed by atoms with Crippen molar-refractivity contribution in [1.29, 1.82) is 0 Å². The van der Waals surface area contributed by atoms with E-state index >= 15 is 0 Å². The van der Waals surface area contributed by atoms with Crippen LogP contribution in [0.25, 0.3) is 22.9 Å². The van der Waals surface area contributed by atoms with Crippen molar-refractivity contribution in [2.75, 3.05) is 0 Å². The first kappa shape index (κ1) is 23.0. The lowest BCUT2D eigenvalue weighted by molar-refractivity contribution is -0.203. The van der Waals surface area contributed by atoms with Gasteiger partial charge in [0.15, 0.2) is 0 Å². The number of alkyl halides is 3. The van der Waals surface area contributed by atoms with Crippen LogP contribution in [0.1, 0.15) is 16.7 Å². The largest absolute Gasteiger partial charge is 0.492 e. The molecule has 0 heterocycles. The maximum absolute atomic E-state index is 12.1. The van der Waals surface area contributed by atoms with Crippen molar-refractivity contribution in [1.82, 2.24) is 4.89 Å². The zero-order valence-corrected chi connectivity index (χ0v) is 17.0. The summed E-state index contributed by atoms with van der Waals surface area (Å²) in [6.07, 6.45) is -0.209. The van der Waals surface area contributed by atoms with Gasteiger partial charge in [-0.25, -0.2) is 13.2 Å². The van der Waals surface area contributed by atoms with E-state index in [0.29, 0.717) is 5.56 Å². The number of fused-ring (bicyclic) bond motifs is 1. The Bertz CT molecular complexity index is 1300. The van der Waals surface area contributed by atoms with Gasteiger partial charge in [0.05, 0.1) is 11.1 Å². The number of nitrogens with two attached hydrogens (primary N) is 1. The van der Waals surface area contributed by atoms with Crippen LogP contribution < -0.4 is 10.7 Å². The number of carbonyl (C=O) groups excluding carboxylic acids is 1. The van der Waals surface area contributed by atoms with Crippen LogP contribution in [0.2, 0.25) is 0 Å². The lowest BCUT2D eigenvalue weighted by atomic mass is 10.0. The standard InChI is InChI=1S/C21H16F3N3O4S/c22-21(23,24)20(28)31-27-32(29,30)19-9-5-14(6-10-19)1-2-15-3-7-18-12-16(13-26-25)4-8-17(18)11-15/h1-13,27H,25H2/b2-1+,26-13+. The van der Waals surface area contributed by atoms with Gasteiger partial charge in [0.1, 0.15) is 0 Å². The molecule has 3 aromatic rings. The Morgan fingerprint density at radius 3 is 2.03 bits per heavy atom. The predicted octanol–water partition coefficient (Wildman–Crippen LogP) is 3.60. The van der Waals surface area contributed by atoms with E-state index in [4.69, 9.17) is 5.84 Å². The summed E-state index contributed by atoms with van der Waals surface area (Å²) in [5.74, 6) is 2.50. The second-order valence-electron chi connectivity index (χ2n) is 6.52. The van der Waals surface area contributed by atoms with E-state index in [9.17, 15) is 26.4 Å². The molecular weight excluding hydrogens is 447 g/mol. The molecule has 3 aromatic carbocycles. The zero-order chi connectivity index (χ0) is 23.4. The number of rotatable bonds is 6. The minimum Gasteiger partial charge on any atom is -0.348 e. The average molecular weight is 463 g/mol. The Balaban J connectivity index is 1.71. The van der Waals surface area contributed by atoms with Gasteiger partial charge in [-0.1, -0.05) is 48.6 Å². The zero-order valence-electron chi connectivity index (χ0n) is 16.2. The summed E-state index contributed by atoms with van der Waals surface area (Å²) < 4.78 is 60.2. The third-order valence-electron chi connectivity index (χ3n) is 4.25. The summed E-state index contributed by atoms with van der Waals surface area (Å²) in [6.45, 7) is 0. The number of sulfonamides is 1. The molecule has 0 saturated heterocycles. The van der Waals surface area contributed by atoms with E-state index in [0.717, 1.165) is 26.8 Å². The van der Waals surface area contributed by atoms with Gasteiger partial charge in [-0.3, -0.25) is 0 Å². The molecule has 32 heavy (non-hydrogen) atoms. The van der Waals surface area contributed by atoms with Gasteiger partial charge in [0, 0.05) is 0 Å². The molecule has 3 rings (SSSR count). The molecule has 0 amide bonds. The van der Waals surface area contributed by atoms with Gasteiger partial charge in [0.2, 0.25) is 0 Å². The maximum Gasteiger partial charge on any atom is 0.492 e. The smallest absolute Gasteiger partial charge is 0.348 e. The first-order valence-corrected chi connectivity index (χ1v) is 10.4. The molecule has 0 radical (unpaired) electrons. The molecule has 0 spiro atoms. The summed E-state index contributed by atoms with van der Waals surface area (Å²) >= 11 is 0. The molecule has 0 fully saturated rings. The molecule has 7 nitrogen and oxygen atoms in total. The molecule has 0 aromatic heterocycles. The first-order chi connectivity index (χ1) is 15.1. The second-order valence-corrected chi connectivity index (χ2v) is 8.17. The summed E-state index contributed by atoms with van der Waals surface area (Å²) in [4.78, 5) is 15.0. The van der Waals surface area contributed by atoms with E-state index in [1.54, 1.807) is 12.3 Å². The first-order valence-electron chi connectivity index (χ1n) is 8.93. The molecule has 0 aliphatic carbocycles. The van der Waals surface area contributed by atoms with E-state index in [1.165, 1.54) is 24.3 Å². The fourth-order valence-corrected chi connectivity index (χ4v) is 3.48. The molecule has 11 heteroatoms. The van der Waals surface area contributed by atoms with Gasteiger partial charge in [-0.2, -0.15) is 18.3 Å². The van der Waals surface area contributed by atoms with Crippen LogP contribution in [0.3, 0.4) is 0 Å². The van der Waals surface area contributed by atoms with E-state index in [-0.39, 0.29) is 4.90 Å². The highest BCUT2D eigenvalue weighted by molar-refractivity contribution is 7.89. The lowest BCUT2D eigenvalue weighted by Gasteiger charge is -2.08. The van der Waals surface area contributed by atoms with E-state index in [1.807, 2.05) is 42.5 Å². The second kappa shape index (κ2) is 9.20. The minimum atomic E-state index is -5.32. The van der Waals surface area contributed by atoms with Crippen molar-refractivity contribution >= 4 is 45.1 Å². The van der Waals surface area contributed by atoms with Gasteiger partial charge < -0.3 is 10.7 Å². The third-order valence-corrected chi connectivity index (χ3v) is 5.44. The summed E-state index contributed by atoms with van der Waals surface area (Å²) in [6, 6.07) is 16.8.